The van der Waals surface area contributed by atoms with Gasteiger partial charge in [0.15, 0.2) is 0 Å². The number of aryl methyl sites for hydroxylation is 1. The number of rotatable bonds is 0. The van der Waals surface area contributed by atoms with Gasteiger partial charge in [0.05, 0.1) is 17.6 Å². The van der Waals surface area contributed by atoms with Crippen molar-refractivity contribution in [3.05, 3.63) is 22.4 Å². The van der Waals surface area contributed by atoms with Gasteiger partial charge in [0, 0.05) is 4.47 Å². The molecule has 2 nitrogen and oxygen atoms in total. The third-order valence-corrected chi connectivity index (χ3v) is 1.85. The van der Waals surface area contributed by atoms with E-state index >= 15 is 0 Å². The smallest absolute Gasteiger partial charge is 0.0516 e. The van der Waals surface area contributed by atoms with Crippen LogP contribution in [0.2, 0.25) is 0 Å². The van der Waals surface area contributed by atoms with Crippen LogP contribution < -0.4 is 5.73 Å². The van der Waals surface area contributed by atoms with E-state index in [4.69, 9.17) is 5.73 Å². The summed E-state index contributed by atoms with van der Waals surface area (Å²) in [4.78, 5) is 4.01. The lowest BCUT2D eigenvalue weighted by molar-refractivity contribution is 1.18. The fourth-order valence-corrected chi connectivity index (χ4v) is 0.888. The molecule has 0 aliphatic rings. The van der Waals surface area contributed by atoms with Crippen molar-refractivity contribution in [2.75, 3.05) is 5.73 Å². The average Bonchev–Trinajstić information content (AvgIpc) is 2.02. The summed E-state index contributed by atoms with van der Waals surface area (Å²) >= 11 is 3.30. The van der Waals surface area contributed by atoms with Crippen LogP contribution in [-0.2, 0) is 0 Å². The van der Waals surface area contributed by atoms with E-state index in [0.29, 0.717) is 5.69 Å². The third kappa shape index (κ3) is 3.37. The van der Waals surface area contributed by atoms with Crippen LogP contribution >= 0.6 is 15.9 Å². The Labute approximate surface area is 76.0 Å². The van der Waals surface area contributed by atoms with E-state index in [1.54, 1.807) is 6.20 Å². The number of halogens is 1. The molecule has 0 radical (unpaired) electrons. The van der Waals surface area contributed by atoms with Crippen LogP contribution in [0.4, 0.5) is 5.69 Å². The van der Waals surface area contributed by atoms with Gasteiger partial charge in [-0.25, -0.2) is 0 Å². The summed E-state index contributed by atoms with van der Waals surface area (Å²) in [5.41, 5.74) is 7.08. The zero-order valence-corrected chi connectivity index (χ0v) is 8.64. The molecule has 1 rings (SSSR count). The van der Waals surface area contributed by atoms with Gasteiger partial charge in [-0.1, -0.05) is 13.8 Å². The van der Waals surface area contributed by atoms with Crippen LogP contribution in [0.3, 0.4) is 0 Å². The molecule has 0 spiro atoms. The second-order valence-corrected chi connectivity index (χ2v) is 2.69. The lowest BCUT2D eigenvalue weighted by atomic mass is 10.3. The summed E-state index contributed by atoms with van der Waals surface area (Å²) in [6, 6.07) is 1.84. The molecule has 0 unspecified atom stereocenters. The normalized spacial score (nSPS) is 8.36. The van der Waals surface area contributed by atoms with Crippen LogP contribution in [0.15, 0.2) is 16.7 Å². The number of nitrogens with zero attached hydrogens (tertiary/aromatic N) is 1. The van der Waals surface area contributed by atoms with Gasteiger partial charge in [-0.05, 0) is 28.9 Å². The van der Waals surface area contributed by atoms with Crippen LogP contribution in [0.5, 0.6) is 0 Å². The molecule has 0 aliphatic heterocycles. The van der Waals surface area contributed by atoms with E-state index in [1.807, 2.05) is 26.8 Å². The number of nitrogen functional groups attached to an aromatic ring is 1. The SMILES string of the molecule is CC.Cc1ncc(N)cc1Br. The molecule has 0 saturated heterocycles. The molecule has 1 aromatic rings. The molecule has 0 aromatic carbocycles. The number of nitrogens with two attached hydrogens (primary N) is 1. The first kappa shape index (κ1) is 10.4. The average molecular weight is 217 g/mol. The highest BCUT2D eigenvalue weighted by atomic mass is 79.9. The van der Waals surface area contributed by atoms with Crippen molar-refractivity contribution in [1.29, 1.82) is 0 Å². The molecule has 0 saturated carbocycles. The van der Waals surface area contributed by atoms with Crippen LogP contribution in [-0.4, -0.2) is 4.98 Å². The standard InChI is InChI=1S/C6H7BrN2.C2H6/c1-4-6(7)2-5(8)3-9-4;1-2/h2-3H,8H2,1H3;1-2H3. The molecule has 0 atom stereocenters. The number of hydrogen-bond acceptors (Lipinski definition) is 2. The first-order chi connectivity index (χ1) is 5.20. The number of pyridine rings is 1. The summed E-state index contributed by atoms with van der Waals surface area (Å²) in [7, 11) is 0. The van der Waals surface area contributed by atoms with Crippen LogP contribution in [0.1, 0.15) is 19.5 Å². The van der Waals surface area contributed by atoms with E-state index < -0.39 is 0 Å². The molecule has 2 N–H and O–H groups in total. The Bertz CT molecular complexity index is 223. The Kier molecular flexibility index (Phi) is 4.86. The van der Waals surface area contributed by atoms with Crippen molar-refractivity contribution in [1.82, 2.24) is 4.98 Å². The molecule has 0 amide bonds. The van der Waals surface area contributed by atoms with Crippen molar-refractivity contribution in [2.24, 2.45) is 0 Å². The maximum atomic E-state index is 5.44. The van der Waals surface area contributed by atoms with Crippen LogP contribution in [0.25, 0.3) is 0 Å². The maximum Gasteiger partial charge on any atom is 0.0516 e. The fourth-order valence-electron chi connectivity index (χ4n) is 0.521. The Morgan fingerprint density at radius 1 is 1.45 bits per heavy atom. The van der Waals surface area contributed by atoms with Gasteiger partial charge in [-0.2, -0.15) is 0 Å². The lowest BCUT2D eigenvalue weighted by Crippen LogP contribution is -1.88. The molecule has 62 valence electrons. The molecule has 0 aliphatic carbocycles. The minimum Gasteiger partial charge on any atom is -0.397 e. The summed E-state index contributed by atoms with van der Waals surface area (Å²) in [5, 5.41) is 0. The maximum absolute atomic E-state index is 5.44. The van der Waals surface area contributed by atoms with Gasteiger partial charge in [0.2, 0.25) is 0 Å². The van der Waals surface area contributed by atoms with E-state index in [0.717, 1.165) is 10.2 Å². The Hall–Kier alpha value is -0.570. The molecular weight excluding hydrogens is 204 g/mol. The minimum atomic E-state index is 0.687. The van der Waals surface area contributed by atoms with Crippen LogP contribution in [0, 0.1) is 6.92 Å². The molecule has 3 heteroatoms. The first-order valence-electron chi connectivity index (χ1n) is 3.58. The Morgan fingerprint density at radius 3 is 2.36 bits per heavy atom. The quantitative estimate of drug-likeness (QED) is 0.725. The summed E-state index contributed by atoms with van der Waals surface area (Å²) < 4.78 is 0.961. The van der Waals surface area contributed by atoms with Crippen molar-refractivity contribution >= 4 is 21.6 Å². The zero-order valence-electron chi connectivity index (χ0n) is 7.06. The molecule has 0 bridgehead atoms. The van der Waals surface area contributed by atoms with Crippen molar-refractivity contribution in [2.45, 2.75) is 20.8 Å². The molecule has 1 aromatic heterocycles. The minimum absolute atomic E-state index is 0.687. The largest absolute Gasteiger partial charge is 0.397 e. The summed E-state index contributed by atoms with van der Waals surface area (Å²) in [6.45, 7) is 5.92. The second-order valence-electron chi connectivity index (χ2n) is 1.84. The van der Waals surface area contributed by atoms with E-state index in [2.05, 4.69) is 20.9 Å². The number of anilines is 1. The molecule has 11 heavy (non-hydrogen) atoms. The highest BCUT2D eigenvalue weighted by Crippen LogP contribution is 2.15. The van der Waals surface area contributed by atoms with Gasteiger partial charge in [0.25, 0.3) is 0 Å². The number of hydrogen-bond donors (Lipinski definition) is 1. The zero-order chi connectivity index (χ0) is 8.85. The van der Waals surface area contributed by atoms with Gasteiger partial charge in [-0.15, -0.1) is 0 Å². The summed E-state index contributed by atoms with van der Waals surface area (Å²) in [5.74, 6) is 0. The van der Waals surface area contributed by atoms with Gasteiger partial charge in [0.1, 0.15) is 0 Å². The van der Waals surface area contributed by atoms with E-state index in [9.17, 15) is 0 Å². The van der Waals surface area contributed by atoms with Gasteiger partial charge < -0.3 is 5.73 Å². The summed E-state index contributed by atoms with van der Waals surface area (Å²) in [6.07, 6.45) is 1.64. The molecule has 0 fully saturated rings. The predicted octanol–water partition coefficient (Wildman–Crippen LogP) is 2.76. The highest BCUT2D eigenvalue weighted by molar-refractivity contribution is 9.10. The topological polar surface area (TPSA) is 38.9 Å². The number of aromatic nitrogens is 1. The van der Waals surface area contributed by atoms with Gasteiger partial charge in [-0.3, -0.25) is 4.98 Å². The predicted molar refractivity (Wildman–Crippen MR) is 52.4 cm³/mol. The second kappa shape index (κ2) is 5.13. The lowest BCUT2D eigenvalue weighted by Gasteiger charge is -1.95. The van der Waals surface area contributed by atoms with E-state index in [1.165, 1.54) is 0 Å². The Balaban J connectivity index is 0.000000461. The molecular formula is C8H13BrN2. The third-order valence-electron chi connectivity index (χ3n) is 1.05. The van der Waals surface area contributed by atoms with Crippen molar-refractivity contribution in [3.8, 4) is 0 Å². The first-order valence-corrected chi connectivity index (χ1v) is 4.37. The Morgan fingerprint density at radius 2 is 2.00 bits per heavy atom. The van der Waals surface area contributed by atoms with E-state index in [-0.39, 0.29) is 0 Å². The van der Waals surface area contributed by atoms with Gasteiger partial charge >= 0.3 is 0 Å². The highest BCUT2D eigenvalue weighted by Gasteiger charge is 1.92. The van der Waals surface area contributed by atoms with Crippen molar-refractivity contribution in [3.63, 3.8) is 0 Å². The molecule has 1 heterocycles. The fraction of sp³-hybridized carbons (Fsp3) is 0.375. The monoisotopic (exact) mass is 216 g/mol. The van der Waals surface area contributed by atoms with Crippen molar-refractivity contribution < 1.29 is 0 Å².